The molecular formula is C20H22FN3O4S. The van der Waals surface area contributed by atoms with Gasteiger partial charge in [-0.3, -0.25) is 9.10 Å². The van der Waals surface area contributed by atoms with Crippen LogP contribution in [0.2, 0.25) is 0 Å². The number of ether oxygens (including phenoxy) is 1. The van der Waals surface area contributed by atoms with Crippen molar-refractivity contribution in [1.29, 1.82) is 0 Å². The molecule has 4 rings (SSSR count). The molecule has 2 heterocycles. The first-order chi connectivity index (χ1) is 13.9. The standard InChI is InChI=1S/C20H22FN3O4S/c21-18-14-16(4-7-19(18)23-9-11-28-12-10-23)22-20(25)15-2-5-17(6-3-15)24-8-1-13-29(24,26)27/h2-7,14H,1,8-13H2,(H,22,25). The number of hydrogen-bond acceptors (Lipinski definition) is 5. The minimum atomic E-state index is -3.26. The largest absolute Gasteiger partial charge is 0.378 e. The summed E-state index contributed by atoms with van der Waals surface area (Å²) in [6, 6.07) is 11.0. The van der Waals surface area contributed by atoms with Gasteiger partial charge in [0.1, 0.15) is 5.82 Å². The Labute approximate surface area is 169 Å². The third kappa shape index (κ3) is 4.20. The Morgan fingerprint density at radius 3 is 2.38 bits per heavy atom. The molecule has 0 spiro atoms. The van der Waals surface area contributed by atoms with Crippen molar-refractivity contribution in [1.82, 2.24) is 0 Å². The summed E-state index contributed by atoms with van der Waals surface area (Å²) < 4.78 is 45.1. The van der Waals surface area contributed by atoms with Crippen LogP contribution in [0.3, 0.4) is 0 Å². The number of benzene rings is 2. The normalized spacial score (nSPS) is 18.7. The number of morpholine rings is 1. The predicted molar refractivity (Wildman–Crippen MR) is 110 cm³/mol. The van der Waals surface area contributed by atoms with Gasteiger partial charge in [0, 0.05) is 30.9 Å². The van der Waals surface area contributed by atoms with E-state index in [2.05, 4.69) is 5.32 Å². The molecule has 1 amide bonds. The van der Waals surface area contributed by atoms with Gasteiger partial charge in [-0.15, -0.1) is 0 Å². The molecule has 0 aromatic heterocycles. The number of nitrogens with zero attached hydrogens (tertiary/aromatic N) is 2. The molecule has 9 heteroatoms. The number of halogens is 1. The number of hydrogen-bond donors (Lipinski definition) is 1. The zero-order valence-corrected chi connectivity index (χ0v) is 16.6. The van der Waals surface area contributed by atoms with Gasteiger partial charge in [0.15, 0.2) is 0 Å². The summed E-state index contributed by atoms with van der Waals surface area (Å²) in [7, 11) is -3.26. The zero-order valence-electron chi connectivity index (χ0n) is 15.8. The van der Waals surface area contributed by atoms with E-state index in [1.54, 1.807) is 36.4 Å². The van der Waals surface area contributed by atoms with Crippen molar-refractivity contribution in [2.45, 2.75) is 6.42 Å². The Balaban J connectivity index is 1.44. The summed E-state index contributed by atoms with van der Waals surface area (Å²) in [5, 5.41) is 2.68. The number of anilines is 3. The molecule has 2 fully saturated rings. The molecule has 0 unspecified atom stereocenters. The first-order valence-electron chi connectivity index (χ1n) is 9.48. The summed E-state index contributed by atoms with van der Waals surface area (Å²) in [5.41, 5.74) is 1.75. The number of rotatable bonds is 4. The first kappa shape index (κ1) is 19.7. The highest BCUT2D eigenvalue weighted by molar-refractivity contribution is 7.93. The molecule has 2 aromatic carbocycles. The van der Waals surface area contributed by atoms with Crippen LogP contribution >= 0.6 is 0 Å². The van der Waals surface area contributed by atoms with Gasteiger partial charge in [-0.1, -0.05) is 0 Å². The smallest absolute Gasteiger partial charge is 0.255 e. The minimum absolute atomic E-state index is 0.140. The number of carbonyl (C=O) groups excluding carboxylic acids is 1. The van der Waals surface area contributed by atoms with E-state index in [4.69, 9.17) is 4.74 Å². The monoisotopic (exact) mass is 419 g/mol. The topological polar surface area (TPSA) is 79.0 Å². The molecule has 0 radical (unpaired) electrons. The van der Waals surface area contributed by atoms with Gasteiger partial charge in [0.2, 0.25) is 10.0 Å². The summed E-state index contributed by atoms with van der Waals surface area (Å²) in [6.45, 7) is 2.82. The molecule has 154 valence electrons. The molecule has 0 atom stereocenters. The maximum Gasteiger partial charge on any atom is 0.255 e. The molecule has 2 saturated heterocycles. The van der Waals surface area contributed by atoms with Crippen LogP contribution in [0.1, 0.15) is 16.8 Å². The molecule has 2 aliphatic heterocycles. The summed E-state index contributed by atoms with van der Waals surface area (Å²) in [4.78, 5) is 14.4. The van der Waals surface area contributed by atoms with Crippen molar-refractivity contribution in [3.63, 3.8) is 0 Å². The Morgan fingerprint density at radius 1 is 1.03 bits per heavy atom. The van der Waals surface area contributed by atoms with E-state index in [0.717, 1.165) is 0 Å². The Bertz CT molecular complexity index is 1000. The fourth-order valence-electron chi connectivity index (χ4n) is 3.56. The Hall–Kier alpha value is -2.65. The molecular weight excluding hydrogens is 397 g/mol. The van der Waals surface area contributed by atoms with E-state index < -0.39 is 15.8 Å². The molecule has 29 heavy (non-hydrogen) atoms. The van der Waals surface area contributed by atoms with Gasteiger partial charge in [-0.2, -0.15) is 0 Å². The fourth-order valence-corrected chi connectivity index (χ4v) is 5.12. The van der Waals surface area contributed by atoms with Gasteiger partial charge in [-0.05, 0) is 48.9 Å². The van der Waals surface area contributed by atoms with Crippen LogP contribution in [0.15, 0.2) is 42.5 Å². The highest BCUT2D eigenvalue weighted by atomic mass is 32.2. The summed E-state index contributed by atoms with van der Waals surface area (Å²) in [6.07, 6.45) is 0.594. The van der Waals surface area contributed by atoms with Crippen molar-refractivity contribution in [3.8, 4) is 0 Å². The Kier molecular flexibility index (Phi) is 5.42. The van der Waals surface area contributed by atoms with Gasteiger partial charge < -0.3 is 15.0 Å². The lowest BCUT2D eigenvalue weighted by Crippen LogP contribution is -2.36. The maximum atomic E-state index is 14.5. The van der Waals surface area contributed by atoms with E-state index in [1.807, 2.05) is 4.90 Å². The fraction of sp³-hybridized carbons (Fsp3) is 0.350. The SMILES string of the molecule is O=C(Nc1ccc(N2CCOCC2)c(F)c1)c1ccc(N2CCCS2(=O)=O)cc1. The number of nitrogens with one attached hydrogen (secondary N) is 1. The molecule has 2 aliphatic rings. The van der Waals surface area contributed by atoms with Crippen LogP contribution in [-0.2, 0) is 14.8 Å². The third-order valence-electron chi connectivity index (χ3n) is 5.07. The van der Waals surface area contributed by atoms with Crippen LogP contribution in [0.25, 0.3) is 0 Å². The van der Waals surface area contributed by atoms with Crippen molar-refractivity contribution < 1.29 is 22.3 Å². The quantitative estimate of drug-likeness (QED) is 0.824. The second-order valence-corrected chi connectivity index (χ2v) is 9.02. The van der Waals surface area contributed by atoms with Gasteiger partial charge in [0.25, 0.3) is 5.91 Å². The average molecular weight is 419 g/mol. The van der Waals surface area contributed by atoms with E-state index in [-0.39, 0.29) is 11.7 Å². The molecule has 7 nitrogen and oxygen atoms in total. The van der Waals surface area contributed by atoms with Crippen molar-refractivity contribution in [2.24, 2.45) is 0 Å². The highest BCUT2D eigenvalue weighted by Crippen LogP contribution is 2.26. The molecule has 2 aromatic rings. The van der Waals surface area contributed by atoms with E-state index in [9.17, 15) is 17.6 Å². The molecule has 0 aliphatic carbocycles. The van der Waals surface area contributed by atoms with Gasteiger partial charge in [0.05, 0.1) is 30.3 Å². The van der Waals surface area contributed by atoms with E-state index in [1.165, 1.54) is 10.4 Å². The first-order valence-corrected chi connectivity index (χ1v) is 11.1. The van der Waals surface area contributed by atoms with Crippen molar-refractivity contribution >= 4 is 33.0 Å². The number of amides is 1. The van der Waals surface area contributed by atoms with Gasteiger partial charge >= 0.3 is 0 Å². The second kappa shape index (κ2) is 8.00. The van der Waals surface area contributed by atoms with Crippen molar-refractivity contribution in [3.05, 3.63) is 53.8 Å². The Morgan fingerprint density at radius 2 is 1.76 bits per heavy atom. The number of sulfonamides is 1. The van der Waals surface area contributed by atoms with E-state index >= 15 is 0 Å². The lowest BCUT2D eigenvalue weighted by Gasteiger charge is -2.29. The van der Waals surface area contributed by atoms with E-state index in [0.29, 0.717) is 61.9 Å². The molecule has 1 N–H and O–H groups in total. The maximum absolute atomic E-state index is 14.5. The molecule has 0 bridgehead atoms. The summed E-state index contributed by atoms with van der Waals surface area (Å²) >= 11 is 0. The third-order valence-corrected chi connectivity index (χ3v) is 6.94. The predicted octanol–water partition coefficient (Wildman–Crippen LogP) is 2.45. The van der Waals surface area contributed by atoms with Crippen LogP contribution in [-0.4, -0.2) is 52.9 Å². The average Bonchev–Trinajstić information content (AvgIpc) is 3.08. The lowest BCUT2D eigenvalue weighted by molar-refractivity contribution is 0.102. The summed E-state index contributed by atoms with van der Waals surface area (Å²) in [5.74, 6) is -0.653. The zero-order chi connectivity index (χ0) is 20.4. The second-order valence-electron chi connectivity index (χ2n) is 7.01. The van der Waals surface area contributed by atoms with Crippen LogP contribution in [0.4, 0.5) is 21.5 Å². The minimum Gasteiger partial charge on any atom is -0.378 e. The number of carbonyl (C=O) groups is 1. The highest BCUT2D eigenvalue weighted by Gasteiger charge is 2.28. The molecule has 0 saturated carbocycles. The van der Waals surface area contributed by atoms with Crippen LogP contribution < -0.4 is 14.5 Å². The van der Waals surface area contributed by atoms with Crippen LogP contribution in [0.5, 0.6) is 0 Å². The van der Waals surface area contributed by atoms with Gasteiger partial charge in [-0.25, -0.2) is 12.8 Å². The van der Waals surface area contributed by atoms with Crippen molar-refractivity contribution in [2.75, 3.05) is 53.1 Å². The van der Waals surface area contributed by atoms with Crippen LogP contribution in [0, 0.1) is 5.82 Å². The lowest BCUT2D eigenvalue weighted by atomic mass is 10.1.